The van der Waals surface area contributed by atoms with Gasteiger partial charge in [0, 0.05) is 10.4 Å². The van der Waals surface area contributed by atoms with Gasteiger partial charge in [-0.15, -0.1) is 0 Å². The summed E-state index contributed by atoms with van der Waals surface area (Å²) in [5.41, 5.74) is 1.63. The Morgan fingerprint density at radius 1 is 1.00 bits per heavy atom. The zero-order valence-electron chi connectivity index (χ0n) is 11.5. The summed E-state index contributed by atoms with van der Waals surface area (Å²) in [5, 5.41) is 0.877. The normalized spacial score (nSPS) is 16.1. The van der Waals surface area contributed by atoms with Gasteiger partial charge in [-0.2, -0.15) is 0 Å². The minimum absolute atomic E-state index is 0.394. The highest BCUT2D eigenvalue weighted by atomic mass is 79.9. The van der Waals surface area contributed by atoms with E-state index in [1.165, 1.54) is 19.3 Å². The summed E-state index contributed by atoms with van der Waals surface area (Å²) >= 11 is 16.2. The lowest BCUT2D eigenvalue weighted by Gasteiger charge is -2.21. The standard InChI is InChI=1S/C16H15BrCl2N2/c17-12-8-4-7-11(9-12)13-14(18)20-16(21-15(13)19)10-5-2-1-3-6-10/h4,7-10H,1-3,5-6H2. The maximum atomic E-state index is 6.39. The minimum Gasteiger partial charge on any atom is -0.220 e. The van der Waals surface area contributed by atoms with E-state index in [9.17, 15) is 0 Å². The molecule has 5 heteroatoms. The Morgan fingerprint density at radius 2 is 1.67 bits per heavy atom. The molecule has 1 aliphatic rings. The molecule has 0 N–H and O–H groups in total. The predicted molar refractivity (Wildman–Crippen MR) is 91.0 cm³/mol. The lowest BCUT2D eigenvalue weighted by atomic mass is 9.88. The van der Waals surface area contributed by atoms with Gasteiger partial charge in [0.05, 0.1) is 5.56 Å². The zero-order valence-corrected chi connectivity index (χ0v) is 14.5. The molecule has 1 aromatic heterocycles. The van der Waals surface area contributed by atoms with E-state index in [2.05, 4.69) is 25.9 Å². The molecule has 2 aromatic rings. The molecule has 2 nitrogen and oxygen atoms in total. The van der Waals surface area contributed by atoms with Gasteiger partial charge in [-0.3, -0.25) is 0 Å². The van der Waals surface area contributed by atoms with Gasteiger partial charge in [0.15, 0.2) is 0 Å². The van der Waals surface area contributed by atoms with Crippen molar-refractivity contribution in [1.82, 2.24) is 9.97 Å². The first kappa shape index (κ1) is 15.3. The second-order valence-electron chi connectivity index (χ2n) is 5.38. The first-order valence-corrected chi connectivity index (χ1v) is 8.69. The molecule has 1 heterocycles. The fourth-order valence-electron chi connectivity index (χ4n) is 2.85. The van der Waals surface area contributed by atoms with Crippen LogP contribution in [0.3, 0.4) is 0 Å². The molecule has 21 heavy (non-hydrogen) atoms. The summed E-state index contributed by atoms with van der Waals surface area (Å²) in [7, 11) is 0. The third kappa shape index (κ3) is 3.41. The van der Waals surface area contributed by atoms with Gasteiger partial charge in [0.2, 0.25) is 0 Å². The molecule has 0 spiro atoms. The van der Waals surface area contributed by atoms with Gasteiger partial charge in [-0.1, -0.05) is 70.5 Å². The first-order chi connectivity index (χ1) is 10.1. The molecule has 1 saturated carbocycles. The van der Waals surface area contributed by atoms with Gasteiger partial charge in [-0.05, 0) is 30.5 Å². The Morgan fingerprint density at radius 3 is 2.29 bits per heavy atom. The third-order valence-corrected chi connectivity index (χ3v) is 4.96. The van der Waals surface area contributed by atoms with Gasteiger partial charge in [0.1, 0.15) is 16.1 Å². The lowest BCUT2D eigenvalue weighted by molar-refractivity contribution is 0.428. The van der Waals surface area contributed by atoms with Gasteiger partial charge in [0.25, 0.3) is 0 Å². The molecular weight excluding hydrogens is 371 g/mol. The molecule has 3 rings (SSSR count). The van der Waals surface area contributed by atoms with Crippen LogP contribution >= 0.6 is 39.1 Å². The number of hydrogen-bond donors (Lipinski definition) is 0. The molecule has 1 aromatic carbocycles. The molecule has 0 radical (unpaired) electrons. The number of aromatic nitrogens is 2. The summed E-state index contributed by atoms with van der Waals surface area (Å²) in [5.74, 6) is 1.19. The topological polar surface area (TPSA) is 25.8 Å². The number of rotatable bonds is 2. The van der Waals surface area contributed by atoms with Gasteiger partial charge < -0.3 is 0 Å². The summed E-state index contributed by atoms with van der Waals surface area (Å²) in [6.45, 7) is 0. The highest BCUT2D eigenvalue weighted by molar-refractivity contribution is 9.10. The van der Waals surface area contributed by atoms with E-state index >= 15 is 0 Å². The number of halogens is 3. The van der Waals surface area contributed by atoms with Crippen LogP contribution in [0.5, 0.6) is 0 Å². The summed E-state index contributed by atoms with van der Waals surface area (Å²) < 4.78 is 0.975. The van der Waals surface area contributed by atoms with Crippen molar-refractivity contribution in [2.24, 2.45) is 0 Å². The van der Waals surface area contributed by atoms with E-state index in [4.69, 9.17) is 23.2 Å². The molecular formula is C16H15BrCl2N2. The van der Waals surface area contributed by atoms with Crippen molar-refractivity contribution in [1.29, 1.82) is 0 Å². The van der Waals surface area contributed by atoms with Crippen LogP contribution in [-0.2, 0) is 0 Å². The van der Waals surface area contributed by atoms with Crippen LogP contribution in [0.2, 0.25) is 10.3 Å². The predicted octanol–water partition coefficient (Wildman–Crippen LogP) is 6.26. The highest BCUT2D eigenvalue weighted by Gasteiger charge is 2.21. The van der Waals surface area contributed by atoms with Crippen molar-refractivity contribution in [2.45, 2.75) is 38.0 Å². The van der Waals surface area contributed by atoms with Crippen LogP contribution in [0.25, 0.3) is 11.1 Å². The quantitative estimate of drug-likeness (QED) is 0.570. The SMILES string of the molecule is Clc1nc(C2CCCCC2)nc(Cl)c1-c1cccc(Br)c1. The fraction of sp³-hybridized carbons (Fsp3) is 0.375. The molecule has 0 unspecified atom stereocenters. The third-order valence-electron chi connectivity index (χ3n) is 3.92. The highest BCUT2D eigenvalue weighted by Crippen LogP contribution is 2.37. The molecule has 1 fully saturated rings. The molecule has 0 bridgehead atoms. The molecule has 0 aliphatic heterocycles. The van der Waals surface area contributed by atoms with Crippen LogP contribution in [-0.4, -0.2) is 9.97 Å². The second-order valence-corrected chi connectivity index (χ2v) is 7.02. The Bertz CT molecular complexity index is 631. The Balaban J connectivity index is 2.00. The van der Waals surface area contributed by atoms with Gasteiger partial charge >= 0.3 is 0 Å². The molecule has 0 saturated heterocycles. The number of nitrogens with zero attached hydrogens (tertiary/aromatic N) is 2. The van der Waals surface area contributed by atoms with E-state index in [1.54, 1.807) is 0 Å². The Kier molecular flexibility index (Phi) is 4.82. The fourth-order valence-corrected chi connectivity index (χ4v) is 3.87. The molecule has 0 amide bonds. The molecule has 0 atom stereocenters. The van der Waals surface area contributed by atoms with Crippen molar-refractivity contribution in [2.75, 3.05) is 0 Å². The van der Waals surface area contributed by atoms with Crippen molar-refractivity contribution < 1.29 is 0 Å². The number of benzene rings is 1. The average molecular weight is 386 g/mol. The summed E-state index contributed by atoms with van der Waals surface area (Å²) in [4.78, 5) is 9.04. The van der Waals surface area contributed by atoms with Crippen LogP contribution in [0.15, 0.2) is 28.7 Å². The van der Waals surface area contributed by atoms with Crippen molar-refractivity contribution in [3.8, 4) is 11.1 Å². The van der Waals surface area contributed by atoms with Crippen LogP contribution in [0.1, 0.15) is 43.8 Å². The number of hydrogen-bond acceptors (Lipinski definition) is 2. The lowest BCUT2D eigenvalue weighted by Crippen LogP contribution is -2.09. The van der Waals surface area contributed by atoms with Crippen LogP contribution in [0, 0.1) is 0 Å². The summed E-state index contributed by atoms with van der Waals surface area (Å²) in [6, 6.07) is 7.84. The van der Waals surface area contributed by atoms with E-state index in [1.807, 2.05) is 24.3 Å². The van der Waals surface area contributed by atoms with Gasteiger partial charge in [-0.25, -0.2) is 9.97 Å². The average Bonchev–Trinajstić information content (AvgIpc) is 2.47. The van der Waals surface area contributed by atoms with Crippen molar-refractivity contribution >= 4 is 39.1 Å². The van der Waals surface area contributed by atoms with Crippen molar-refractivity contribution in [3.63, 3.8) is 0 Å². The second kappa shape index (κ2) is 6.64. The van der Waals surface area contributed by atoms with E-state index in [0.717, 1.165) is 28.7 Å². The smallest absolute Gasteiger partial charge is 0.142 e. The van der Waals surface area contributed by atoms with Crippen molar-refractivity contribution in [3.05, 3.63) is 44.9 Å². The maximum absolute atomic E-state index is 6.39. The van der Waals surface area contributed by atoms with Crippen LogP contribution < -0.4 is 0 Å². The van der Waals surface area contributed by atoms with E-state index < -0.39 is 0 Å². The van der Waals surface area contributed by atoms with E-state index in [0.29, 0.717) is 21.8 Å². The Labute approximate surface area is 143 Å². The molecule has 110 valence electrons. The first-order valence-electron chi connectivity index (χ1n) is 7.14. The monoisotopic (exact) mass is 384 g/mol. The largest absolute Gasteiger partial charge is 0.220 e. The zero-order chi connectivity index (χ0) is 14.8. The maximum Gasteiger partial charge on any atom is 0.142 e. The van der Waals surface area contributed by atoms with E-state index in [-0.39, 0.29) is 0 Å². The minimum atomic E-state index is 0.394. The molecule has 1 aliphatic carbocycles. The summed E-state index contributed by atoms with van der Waals surface area (Å²) in [6.07, 6.45) is 6.02. The Hall–Kier alpha value is -0.640. The van der Waals surface area contributed by atoms with Crippen LogP contribution in [0.4, 0.5) is 0 Å².